The minimum atomic E-state index is -0.0698. The van der Waals surface area contributed by atoms with Crippen LogP contribution in [0.4, 0.5) is 5.69 Å². The van der Waals surface area contributed by atoms with Gasteiger partial charge in [-0.15, -0.1) is 0 Å². The average molecular weight is 275 g/mol. The molecule has 1 unspecified atom stereocenters. The predicted octanol–water partition coefficient (Wildman–Crippen LogP) is 3.21. The normalized spacial score (nSPS) is 12.3. The quantitative estimate of drug-likeness (QED) is 0.801. The summed E-state index contributed by atoms with van der Waals surface area (Å²) in [6.45, 7) is 2.87. The van der Waals surface area contributed by atoms with Crippen LogP contribution >= 0.6 is 0 Å². The van der Waals surface area contributed by atoms with Crippen LogP contribution in [0, 0.1) is 0 Å². The van der Waals surface area contributed by atoms with Crippen molar-refractivity contribution in [1.82, 2.24) is 10.1 Å². The monoisotopic (exact) mass is 275 g/mol. The van der Waals surface area contributed by atoms with Crippen LogP contribution in [0.5, 0.6) is 0 Å². The fraction of sp³-hybridized carbons (Fsp3) is 0.467. The molecule has 5 heteroatoms. The fourth-order valence-corrected chi connectivity index (χ4v) is 1.98. The minimum Gasteiger partial charge on any atom is -0.385 e. The summed E-state index contributed by atoms with van der Waals surface area (Å²) in [5.74, 6) is 1.28. The van der Waals surface area contributed by atoms with E-state index in [0.29, 0.717) is 18.1 Å². The van der Waals surface area contributed by atoms with E-state index in [1.807, 2.05) is 30.3 Å². The Morgan fingerprint density at radius 2 is 2.10 bits per heavy atom. The first-order chi connectivity index (χ1) is 9.83. The van der Waals surface area contributed by atoms with Gasteiger partial charge in [-0.05, 0) is 18.6 Å². The number of anilines is 1. The zero-order valence-electron chi connectivity index (χ0n) is 12.0. The molecule has 0 amide bonds. The van der Waals surface area contributed by atoms with Crippen molar-refractivity contribution in [1.29, 1.82) is 0 Å². The lowest BCUT2D eigenvalue weighted by Crippen LogP contribution is -2.06. The molecule has 2 aromatic rings. The lowest BCUT2D eigenvalue weighted by Gasteiger charge is -2.08. The summed E-state index contributed by atoms with van der Waals surface area (Å²) < 4.78 is 10.6. The van der Waals surface area contributed by atoms with Gasteiger partial charge in [-0.1, -0.05) is 36.7 Å². The summed E-state index contributed by atoms with van der Waals surface area (Å²) in [5, 5.41) is 7.30. The molecular formula is C15H21N3O2. The Balaban J connectivity index is 1.83. The maximum Gasteiger partial charge on any atom is 0.228 e. The lowest BCUT2D eigenvalue weighted by atomic mass is 10.2. The highest BCUT2D eigenvalue weighted by Gasteiger charge is 2.16. The van der Waals surface area contributed by atoms with Gasteiger partial charge in [0.15, 0.2) is 0 Å². The van der Waals surface area contributed by atoms with Gasteiger partial charge in [0.2, 0.25) is 11.7 Å². The van der Waals surface area contributed by atoms with E-state index in [1.165, 1.54) is 0 Å². The molecule has 1 atom stereocenters. The molecule has 0 saturated carbocycles. The second-order valence-electron chi connectivity index (χ2n) is 4.60. The van der Waals surface area contributed by atoms with Gasteiger partial charge in [0, 0.05) is 25.8 Å². The molecule has 2 rings (SSSR count). The molecule has 1 aromatic carbocycles. The van der Waals surface area contributed by atoms with E-state index in [0.717, 1.165) is 25.1 Å². The highest BCUT2D eigenvalue weighted by Crippen LogP contribution is 2.19. The molecule has 0 fully saturated rings. The number of rotatable bonds is 8. The van der Waals surface area contributed by atoms with Crippen molar-refractivity contribution < 1.29 is 9.26 Å². The van der Waals surface area contributed by atoms with Gasteiger partial charge in [-0.25, -0.2) is 0 Å². The number of nitrogens with one attached hydrogen (secondary N) is 1. The van der Waals surface area contributed by atoms with Gasteiger partial charge < -0.3 is 14.6 Å². The third-order valence-electron chi connectivity index (χ3n) is 3.05. The van der Waals surface area contributed by atoms with E-state index >= 15 is 0 Å². The number of ether oxygens (including phenoxy) is 1. The van der Waals surface area contributed by atoms with Crippen LogP contribution in [0.3, 0.4) is 0 Å². The van der Waals surface area contributed by atoms with Crippen molar-refractivity contribution in [3.8, 4) is 0 Å². The van der Waals surface area contributed by atoms with Crippen LogP contribution in [0.2, 0.25) is 0 Å². The molecule has 0 aliphatic rings. The number of para-hydroxylation sites is 1. The van der Waals surface area contributed by atoms with Gasteiger partial charge in [0.25, 0.3) is 0 Å². The third kappa shape index (κ3) is 4.06. The summed E-state index contributed by atoms with van der Waals surface area (Å²) in [6.07, 6.45) is 2.56. The Hall–Kier alpha value is -1.88. The molecule has 1 aromatic heterocycles. The molecule has 0 radical (unpaired) electrons. The van der Waals surface area contributed by atoms with Crippen LogP contribution in [0.15, 0.2) is 34.9 Å². The topological polar surface area (TPSA) is 60.2 Å². The molecule has 0 bridgehead atoms. The van der Waals surface area contributed by atoms with E-state index in [9.17, 15) is 0 Å². The molecule has 1 heterocycles. The second kappa shape index (κ2) is 7.65. The minimum absolute atomic E-state index is 0.0698. The smallest absolute Gasteiger partial charge is 0.228 e. The Kier molecular flexibility index (Phi) is 5.55. The van der Waals surface area contributed by atoms with Crippen LogP contribution < -0.4 is 5.32 Å². The third-order valence-corrected chi connectivity index (χ3v) is 3.05. The Morgan fingerprint density at radius 3 is 2.80 bits per heavy atom. The van der Waals surface area contributed by atoms with E-state index in [4.69, 9.17) is 9.26 Å². The van der Waals surface area contributed by atoms with E-state index in [2.05, 4.69) is 22.4 Å². The van der Waals surface area contributed by atoms with Crippen LogP contribution in [-0.2, 0) is 11.2 Å². The average Bonchev–Trinajstić information content (AvgIpc) is 2.94. The van der Waals surface area contributed by atoms with Gasteiger partial charge in [0.1, 0.15) is 6.10 Å². The number of methoxy groups -OCH3 is 1. The highest BCUT2D eigenvalue weighted by molar-refractivity contribution is 5.42. The van der Waals surface area contributed by atoms with E-state index in [-0.39, 0.29) is 6.10 Å². The summed E-state index contributed by atoms with van der Waals surface area (Å²) in [6, 6.07) is 10.1. The lowest BCUT2D eigenvalue weighted by molar-refractivity contribution is 0.0854. The number of benzene rings is 1. The van der Waals surface area contributed by atoms with E-state index < -0.39 is 0 Å². The standard InChI is InChI=1S/C15H21N3O2/c1-3-7-13(19-2)15-17-14(20-18-15)10-11-16-12-8-5-4-6-9-12/h4-6,8-9,13,16H,3,7,10-11H2,1-2H3. The first kappa shape index (κ1) is 14.5. The molecule has 1 N–H and O–H groups in total. The van der Waals surface area contributed by atoms with Gasteiger partial charge in [-0.2, -0.15) is 4.98 Å². The zero-order valence-corrected chi connectivity index (χ0v) is 12.0. The number of aromatic nitrogens is 2. The summed E-state index contributed by atoms with van der Waals surface area (Å²) in [5.41, 5.74) is 1.09. The molecule has 0 spiro atoms. The Labute approximate surface area is 119 Å². The number of hydrogen-bond donors (Lipinski definition) is 1. The van der Waals surface area contributed by atoms with Crippen molar-refractivity contribution in [2.24, 2.45) is 0 Å². The molecule has 0 saturated heterocycles. The molecule has 0 aliphatic heterocycles. The molecule has 108 valence electrons. The summed E-state index contributed by atoms with van der Waals surface area (Å²) in [7, 11) is 1.67. The first-order valence-corrected chi connectivity index (χ1v) is 6.97. The SMILES string of the molecule is CCCC(OC)c1noc(CCNc2ccccc2)n1. The van der Waals surface area contributed by atoms with Crippen LogP contribution in [0.25, 0.3) is 0 Å². The summed E-state index contributed by atoms with van der Waals surface area (Å²) >= 11 is 0. The zero-order chi connectivity index (χ0) is 14.2. The molecule has 20 heavy (non-hydrogen) atoms. The first-order valence-electron chi connectivity index (χ1n) is 6.97. The number of hydrogen-bond acceptors (Lipinski definition) is 5. The van der Waals surface area contributed by atoms with Crippen LogP contribution in [0.1, 0.15) is 37.6 Å². The molecule has 0 aliphatic carbocycles. The van der Waals surface area contributed by atoms with E-state index in [1.54, 1.807) is 7.11 Å². The van der Waals surface area contributed by atoms with Crippen molar-refractivity contribution in [2.75, 3.05) is 19.0 Å². The van der Waals surface area contributed by atoms with Crippen molar-refractivity contribution in [3.05, 3.63) is 42.0 Å². The molecular weight excluding hydrogens is 254 g/mol. The second-order valence-corrected chi connectivity index (χ2v) is 4.60. The largest absolute Gasteiger partial charge is 0.385 e. The fourth-order valence-electron chi connectivity index (χ4n) is 1.98. The maximum atomic E-state index is 5.36. The van der Waals surface area contributed by atoms with Gasteiger partial charge in [-0.3, -0.25) is 0 Å². The molecule has 5 nitrogen and oxygen atoms in total. The Morgan fingerprint density at radius 1 is 1.30 bits per heavy atom. The van der Waals surface area contributed by atoms with Gasteiger partial charge in [0.05, 0.1) is 0 Å². The maximum absolute atomic E-state index is 5.36. The number of nitrogens with zero attached hydrogens (tertiary/aromatic N) is 2. The van der Waals surface area contributed by atoms with Crippen molar-refractivity contribution in [2.45, 2.75) is 32.3 Å². The highest BCUT2D eigenvalue weighted by atomic mass is 16.5. The van der Waals surface area contributed by atoms with Gasteiger partial charge >= 0.3 is 0 Å². The summed E-state index contributed by atoms with van der Waals surface area (Å²) in [4.78, 5) is 4.39. The van der Waals surface area contributed by atoms with Crippen molar-refractivity contribution in [3.63, 3.8) is 0 Å². The van der Waals surface area contributed by atoms with Crippen LogP contribution in [-0.4, -0.2) is 23.8 Å². The predicted molar refractivity (Wildman–Crippen MR) is 77.6 cm³/mol. The Bertz CT molecular complexity index is 499. The van der Waals surface area contributed by atoms with Crippen molar-refractivity contribution >= 4 is 5.69 Å².